The first-order chi connectivity index (χ1) is 16.5. The Kier molecular flexibility index (Phi) is 10.8. The van der Waals surface area contributed by atoms with E-state index in [0.717, 1.165) is 16.4 Å². The molecule has 198 valence electrons. The van der Waals surface area contributed by atoms with Crippen molar-refractivity contribution in [3.05, 3.63) is 11.6 Å². The van der Waals surface area contributed by atoms with Gasteiger partial charge in [-0.1, -0.05) is 0 Å². The second-order valence-corrected chi connectivity index (χ2v) is 26.0. The molecule has 35 heavy (non-hydrogen) atoms. The molecule has 0 saturated heterocycles. The van der Waals surface area contributed by atoms with Crippen molar-refractivity contribution in [1.29, 1.82) is 5.26 Å². The van der Waals surface area contributed by atoms with Crippen molar-refractivity contribution in [2.24, 2.45) is 22.2 Å². The SMILES string of the molecule is CCC[CH2][Sn]([CH2]CCC)([CH2]CCC)[CH2]C1(C#N)C=C2CC(C(=O)OC)(C(=O)OC)CC2C(C)(C)C1. The van der Waals surface area contributed by atoms with E-state index in [2.05, 4.69) is 46.8 Å². The quantitative estimate of drug-likeness (QED) is 0.0959. The Morgan fingerprint density at radius 2 is 1.49 bits per heavy atom. The van der Waals surface area contributed by atoms with Gasteiger partial charge in [-0.2, -0.15) is 0 Å². The average Bonchev–Trinajstić information content (AvgIpc) is 3.25. The van der Waals surface area contributed by atoms with Gasteiger partial charge in [0, 0.05) is 0 Å². The number of carbonyl (C=O) groups is 2. The maximum absolute atomic E-state index is 12.9. The number of hydrogen-bond donors (Lipinski definition) is 0. The molecule has 0 aliphatic heterocycles. The van der Waals surface area contributed by atoms with Crippen molar-refractivity contribution in [2.75, 3.05) is 14.2 Å². The van der Waals surface area contributed by atoms with E-state index in [9.17, 15) is 14.9 Å². The summed E-state index contributed by atoms with van der Waals surface area (Å²) in [5.74, 6) is -0.950. The second kappa shape index (κ2) is 12.5. The molecule has 0 aromatic heterocycles. The van der Waals surface area contributed by atoms with Crippen molar-refractivity contribution in [3.63, 3.8) is 0 Å². The first-order valence-electron chi connectivity index (χ1n) is 13.8. The fourth-order valence-corrected chi connectivity index (χ4v) is 25.1. The van der Waals surface area contributed by atoms with Crippen LogP contribution in [0.2, 0.25) is 17.7 Å². The van der Waals surface area contributed by atoms with Crippen LogP contribution in [0.5, 0.6) is 0 Å². The van der Waals surface area contributed by atoms with Gasteiger partial charge >= 0.3 is 219 Å². The van der Waals surface area contributed by atoms with Crippen LogP contribution in [0, 0.1) is 33.5 Å². The molecule has 2 atom stereocenters. The third-order valence-corrected chi connectivity index (χ3v) is 25.0. The molecule has 0 heterocycles. The molecule has 0 radical (unpaired) electrons. The van der Waals surface area contributed by atoms with Crippen molar-refractivity contribution < 1.29 is 19.1 Å². The van der Waals surface area contributed by atoms with E-state index < -0.39 is 41.1 Å². The van der Waals surface area contributed by atoms with Gasteiger partial charge in [-0.3, -0.25) is 0 Å². The summed E-state index contributed by atoms with van der Waals surface area (Å²) in [7, 11) is 2.68. The molecule has 0 bridgehead atoms. The Balaban J connectivity index is 2.56. The first kappa shape index (κ1) is 30.2. The van der Waals surface area contributed by atoms with Gasteiger partial charge in [0.2, 0.25) is 0 Å². The standard InChI is InChI=1S/C17H22NO4.3C4H9.Sn/c1-15(2)9-16(3,10-18)6-11-7-17(8-12(11)15,13(19)21-4)14(20)22-5;3*1-3-4-2;/h6,12H,3,7-9H2,1-2,4-5H3;3*1,3-4H2,2H3;. The van der Waals surface area contributed by atoms with Crippen LogP contribution < -0.4 is 0 Å². The molecule has 5 nitrogen and oxygen atoms in total. The van der Waals surface area contributed by atoms with Crippen molar-refractivity contribution >= 4 is 30.3 Å². The van der Waals surface area contributed by atoms with Crippen LogP contribution in [-0.2, 0) is 19.1 Å². The molecule has 2 aliphatic rings. The summed E-state index contributed by atoms with van der Waals surface area (Å²) in [4.78, 5) is 25.8. The van der Waals surface area contributed by atoms with E-state index in [1.165, 1.54) is 66.1 Å². The first-order valence-corrected chi connectivity index (χ1v) is 21.9. The van der Waals surface area contributed by atoms with Gasteiger partial charge in [0.15, 0.2) is 0 Å². The number of fused-ring (bicyclic) bond motifs is 1. The van der Waals surface area contributed by atoms with E-state index >= 15 is 0 Å². The molecule has 0 spiro atoms. The molecule has 0 amide bonds. The molecule has 2 unspecified atom stereocenters. The van der Waals surface area contributed by atoms with Gasteiger partial charge in [0.05, 0.1) is 0 Å². The van der Waals surface area contributed by atoms with Crippen LogP contribution in [0.4, 0.5) is 0 Å². The minimum absolute atomic E-state index is 0.0775. The van der Waals surface area contributed by atoms with Crippen molar-refractivity contribution in [2.45, 2.75) is 110 Å². The molecule has 1 saturated carbocycles. The van der Waals surface area contributed by atoms with Gasteiger partial charge < -0.3 is 0 Å². The van der Waals surface area contributed by atoms with Crippen LogP contribution in [0.25, 0.3) is 0 Å². The topological polar surface area (TPSA) is 76.4 Å². The number of esters is 2. The van der Waals surface area contributed by atoms with Gasteiger partial charge in [0.25, 0.3) is 0 Å². The zero-order valence-electron chi connectivity index (χ0n) is 23.4. The summed E-state index contributed by atoms with van der Waals surface area (Å²) in [6.07, 6.45) is 11.2. The number of methoxy groups -OCH3 is 2. The average molecular weight is 594 g/mol. The molecule has 0 aromatic rings. The van der Waals surface area contributed by atoms with Gasteiger partial charge in [-0.15, -0.1) is 0 Å². The Hall–Kier alpha value is -1.03. The van der Waals surface area contributed by atoms with Crippen LogP contribution in [0.15, 0.2) is 11.6 Å². The predicted molar refractivity (Wildman–Crippen MR) is 143 cm³/mol. The number of hydrogen-bond acceptors (Lipinski definition) is 5. The van der Waals surface area contributed by atoms with E-state index in [0.29, 0.717) is 12.8 Å². The molecular formula is C29H49NO4Sn. The van der Waals surface area contributed by atoms with Crippen LogP contribution >= 0.6 is 0 Å². The molecular weight excluding hydrogens is 545 g/mol. The molecule has 6 heteroatoms. The fraction of sp³-hybridized carbons (Fsp3) is 0.828. The normalized spacial score (nSPS) is 24.7. The Bertz CT molecular complexity index is 789. The number of nitrogens with zero attached hydrogens (tertiary/aromatic N) is 1. The van der Waals surface area contributed by atoms with Crippen LogP contribution in [0.3, 0.4) is 0 Å². The molecule has 0 aromatic carbocycles. The zero-order valence-corrected chi connectivity index (χ0v) is 26.3. The summed E-state index contributed by atoms with van der Waals surface area (Å²) in [5.41, 5.74) is -0.875. The maximum atomic E-state index is 12.9. The van der Waals surface area contributed by atoms with Crippen molar-refractivity contribution in [1.82, 2.24) is 0 Å². The number of allylic oxidation sites excluding steroid dienone is 2. The van der Waals surface area contributed by atoms with Gasteiger partial charge in [-0.05, 0) is 0 Å². The monoisotopic (exact) mass is 595 g/mol. The molecule has 2 aliphatic carbocycles. The minimum atomic E-state index is -2.63. The number of ether oxygens (including phenoxy) is 2. The summed E-state index contributed by atoms with van der Waals surface area (Å²) >= 11 is -2.63. The van der Waals surface area contributed by atoms with Crippen LogP contribution in [0.1, 0.15) is 92.4 Å². The van der Waals surface area contributed by atoms with Gasteiger partial charge in [-0.25, -0.2) is 0 Å². The third-order valence-electron chi connectivity index (χ3n) is 8.93. The van der Waals surface area contributed by atoms with Crippen molar-refractivity contribution in [3.8, 4) is 6.07 Å². The molecule has 0 N–H and O–H groups in total. The zero-order chi connectivity index (χ0) is 26.3. The number of carbonyl (C=O) groups excluding carboxylic acids is 2. The Labute approximate surface area is 218 Å². The summed E-state index contributed by atoms with van der Waals surface area (Å²) in [6.45, 7) is 11.3. The number of unbranched alkanes of at least 4 members (excludes halogenated alkanes) is 3. The second-order valence-electron chi connectivity index (χ2n) is 12.1. The summed E-state index contributed by atoms with van der Waals surface area (Å²) in [5, 5.41) is 10.7. The molecule has 2 rings (SSSR count). The third kappa shape index (κ3) is 6.46. The molecule has 1 fully saturated rings. The van der Waals surface area contributed by atoms with E-state index in [-0.39, 0.29) is 11.3 Å². The summed E-state index contributed by atoms with van der Waals surface area (Å²) in [6, 6.07) is 2.83. The number of nitriles is 1. The fourth-order valence-electron chi connectivity index (χ4n) is 7.27. The van der Waals surface area contributed by atoms with Gasteiger partial charge in [0.1, 0.15) is 0 Å². The van der Waals surface area contributed by atoms with E-state index in [1.807, 2.05) is 0 Å². The van der Waals surface area contributed by atoms with Crippen LogP contribution in [-0.4, -0.2) is 44.5 Å². The predicted octanol–water partition coefficient (Wildman–Crippen LogP) is 7.44. The summed E-state index contributed by atoms with van der Waals surface area (Å²) < 4.78 is 15.4. The Morgan fingerprint density at radius 3 is 1.89 bits per heavy atom. The Morgan fingerprint density at radius 1 is 1.00 bits per heavy atom. The van der Waals surface area contributed by atoms with E-state index in [1.54, 1.807) is 0 Å². The van der Waals surface area contributed by atoms with E-state index in [4.69, 9.17) is 9.47 Å². The number of rotatable bonds is 13.